The van der Waals surface area contributed by atoms with Crippen molar-refractivity contribution in [3.63, 3.8) is 0 Å². The Morgan fingerprint density at radius 2 is 1.88 bits per heavy atom. The number of hydrogen-bond acceptors (Lipinski definition) is 5. The maximum Gasteiger partial charge on any atom is 0.223 e. The van der Waals surface area contributed by atoms with Crippen molar-refractivity contribution in [2.45, 2.75) is 12.6 Å². The van der Waals surface area contributed by atoms with Gasteiger partial charge in [-0.2, -0.15) is 0 Å². The van der Waals surface area contributed by atoms with Crippen LogP contribution in [-0.2, 0) is 4.74 Å². The molecule has 0 radical (unpaired) electrons. The van der Waals surface area contributed by atoms with Crippen LogP contribution in [0.5, 0.6) is 0 Å². The summed E-state index contributed by atoms with van der Waals surface area (Å²) in [5.74, 6) is 0. The van der Waals surface area contributed by atoms with Crippen LogP contribution in [0.25, 0.3) is 22.2 Å². The van der Waals surface area contributed by atoms with E-state index in [1.165, 1.54) is 0 Å². The molecule has 1 aliphatic heterocycles. The second kappa shape index (κ2) is 6.83. The van der Waals surface area contributed by atoms with Gasteiger partial charge in [-0.05, 0) is 36.7 Å². The molecule has 0 spiro atoms. The van der Waals surface area contributed by atoms with E-state index in [1.807, 2.05) is 24.3 Å². The Bertz CT molecular complexity index is 931. The monoisotopic (exact) mass is 368 g/mol. The molecule has 2 heterocycles. The van der Waals surface area contributed by atoms with Crippen molar-refractivity contribution >= 4 is 28.2 Å². The van der Waals surface area contributed by atoms with Crippen LogP contribution in [0.4, 0.5) is 5.69 Å². The molecule has 2 aromatic carbocycles. The molecule has 0 saturated carbocycles. The highest BCUT2D eigenvalue weighted by Crippen LogP contribution is 2.31. The first-order valence-corrected chi connectivity index (χ1v) is 9.05. The first-order valence-electron chi connectivity index (χ1n) is 8.67. The summed E-state index contributed by atoms with van der Waals surface area (Å²) in [7, 11) is 1.75. The summed E-state index contributed by atoms with van der Waals surface area (Å²) in [4.78, 5) is 11.1. The van der Waals surface area contributed by atoms with Gasteiger partial charge in [0.2, 0.25) is 5.28 Å². The highest BCUT2D eigenvalue weighted by atomic mass is 35.5. The lowest BCUT2D eigenvalue weighted by atomic mass is 10.0. The van der Waals surface area contributed by atoms with Crippen molar-refractivity contribution in [3.8, 4) is 11.3 Å². The van der Waals surface area contributed by atoms with Gasteiger partial charge < -0.3 is 15.0 Å². The summed E-state index contributed by atoms with van der Waals surface area (Å²) in [6.07, 6.45) is 0. The predicted molar refractivity (Wildman–Crippen MR) is 106 cm³/mol. The number of piperazine rings is 1. The molecule has 0 bridgehead atoms. The normalized spacial score (nSPS) is 20.5. The lowest BCUT2D eigenvalue weighted by molar-refractivity contribution is -0.00502. The summed E-state index contributed by atoms with van der Waals surface area (Å²) in [6, 6.07) is 16.3. The van der Waals surface area contributed by atoms with Gasteiger partial charge in [0.1, 0.15) is 5.72 Å². The molecule has 5 nitrogen and oxygen atoms in total. The van der Waals surface area contributed by atoms with Crippen molar-refractivity contribution < 1.29 is 4.74 Å². The minimum absolute atomic E-state index is 0.261. The van der Waals surface area contributed by atoms with Gasteiger partial charge in [-0.3, -0.25) is 0 Å². The van der Waals surface area contributed by atoms with E-state index in [9.17, 15) is 0 Å². The summed E-state index contributed by atoms with van der Waals surface area (Å²) in [5.41, 5.74) is 3.49. The third-order valence-electron chi connectivity index (χ3n) is 5.00. The summed E-state index contributed by atoms with van der Waals surface area (Å²) in [5, 5.41) is 4.65. The number of nitrogens with zero attached hydrogens (tertiary/aromatic N) is 3. The zero-order valence-corrected chi connectivity index (χ0v) is 15.6. The van der Waals surface area contributed by atoms with E-state index in [1.54, 1.807) is 7.11 Å². The van der Waals surface area contributed by atoms with Crippen molar-refractivity contribution in [2.75, 3.05) is 31.6 Å². The van der Waals surface area contributed by atoms with Crippen molar-refractivity contribution in [2.24, 2.45) is 0 Å². The van der Waals surface area contributed by atoms with Crippen molar-refractivity contribution in [1.82, 2.24) is 15.3 Å². The SMILES string of the molecule is COC1(C)CNCCN1c1ccc(-c2nc(Cl)nc3ccccc23)cc1. The number of anilines is 1. The number of hydrogen-bond donors (Lipinski definition) is 1. The third-order valence-corrected chi connectivity index (χ3v) is 5.17. The quantitative estimate of drug-likeness (QED) is 0.714. The fraction of sp³-hybridized carbons (Fsp3) is 0.300. The molecule has 3 aromatic rings. The van der Waals surface area contributed by atoms with Crippen LogP contribution in [0.2, 0.25) is 5.28 Å². The number of fused-ring (bicyclic) bond motifs is 1. The van der Waals surface area contributed by atoms with Crippen molar-refractivity contribution in [3.05, 3.63) is 53.8 Å². The number of halogens is 1. The fourth-order valence-electron chi connectivity index (χ4n) is 3.50. The Morgan fingerprint density at radius 1 is 1.12 bits per heavy atom. The number of methoxy groups -OCH3 is 1. The molecule has 1 N–H and O–H groups in total. The first-order chi connectivity index (χ1) is 12.6. The van der Waals surface area contributed by atoms with E-state index < -0.39 is 0 Å². The predicted octanol–water partition coefficient (Wildman–Crippen LogP) is 3.72. The lowest BCUT2D eigenvalue weighted by Gasteiger charge is -2.45. The Hall–Kier alpha value is -2.21. The van der Waals surface area contributed by atoms with E-state index in [4.69, 9.17) is 16.3 Å². The van der Waals surface area contributed by atoms with Gasteiger partial charge in [0.05, 0.1) is 11.2 Å². The summed E-state index contributed by atoms with van der Waals surface area (Å²) >= 11 is 6.13. The summed E-state index contributed by atoms with van der Waals surface area (Å²) in [6.45, 7) is 4.72. The topological polar surface area (TPSA) is 50.3 Å². The van der Waals surface area contributed by atoms with Crippen LogP contribution in [0.3, 0.4) is 0 Å². The largest absolute Gasteiger partial charge is 0.358 e. The van der Waals surface area contributed by atoms with Crippen LogP contribution in [0.15, 0.2) is 48.5 Å². The maximum absolute atomic E-state index is 6.13. The Morgan fingerprint density at radius 3 is 2.65 bits per heavy atom. The minimum atomic E-state index is -0.356. The lowest BCUT2D eigenvalue weighted by Crippen LogP contribution is -2.61. The molecule has 1 aliphatic rings. The fourth-order valence-corrected chi connectivity index (χ4v) is 3.67. The first kappa shape index (κ1) is 17.2. The number of nitrogens with one attached hydrogen (secondary N) is 1. The summed E-state index contributed by atoms with van der Waals surface area (Å²) < 4.78 is 5.76. The Balaban J connectivity index is 1.73. The van der Waals surface area contributed by atoms with Crippen LogP contribution < -0.4 is 10.2 Å². The van der Waals surface area contributed by atoms with Gasteiger partial charge in [-0.15, -0.1) is 0 Å². The zero-order valence-electron chi connectivity index (χ0n) is 14.9. The van der Waals surface area contributed by atoms with Crippen LogP contribution in [-0.4, -0.2) is 42.4 Å². The minimum Gasteiger partial charge on any atom is -0.358 e. The van der Waals surface area contributed by atoms with Crippen LogP contribution in [0, 0.1) is 0 Å². The number of rotatable bonds is 3. The zero-order chi connectivity index (χ0) is 18.1. The van der Waals surface area contributed by atoms with Gasteiger partial charge in [-0.25, -0.2) is 9.97 Å². The molecule has 6 heteroatoms. The van der Waals surface area contributed by atoms with Crippen LogP contribution in [0.1, 0.15) is 6.92 Å². The third kappa shape index (κ3) is 3.03. The molecule has 4 rings (SSSR count). The number of ether oxygens (including phenoxy) is 1. The second-order valence-corrected chi connectivity index (χ2v) is 6.95. The van der Waals surface area contributed by atoms with E-state index >= 15 is 0 Å². The number of aromatic nitrogens is 2. The molecule has 1 aromatic heterocycles. The number of benzene rings is 2. The Labute approximate surface area is 158 Å². The molecule has 1 saturated heterocycles. The van der Waals surface area contributed by atoms with Crippen molar-refractivity contribution in [1.29, 1.82) is 0 Å². The molecule has 26 heavy (non-hydrogen) atoms. The second-order valence-electron chi connectivity index (χ2n) is 6.61. The average molecular weight is 369 g/mol. The van der Waals surface area contributed by atoms with E-state index in [0.29, 0.717) is 0 Å². The van der Waals surface area contributed by atoms with Gasteiger partial charge in [0.25, 0.3) is 0 Å². The van der Waals surface area contributed by atoms with Gasteiger partial charge in [0.15, 0.2) is 0 Å². The molecule has 1 unspecified atom stereocenters. The molecular formula is C20H21ClN4O. The molecule has 1 atom stereocenters. The van der Waals surface area contributed by atoms with E-state index in [-0.39, 0.29) is 11.0 Å². The molecule has 0 amide bonds. The molecule has 134 valence electrons. The van der Waals surface area contributed by atoms with Crippen LogP contribution >= 0.6 is 11.6 Å². The highest BCUT2D eigenvalue weighted by Gasteiger charge is 2.34. The Kier molecular flexibility index (Phi) is 4.53. The van der Waals surface area contributed by atoms with E-state index in [2.05, 4.69) is 51.4 Å². The molecule has 1 fully saturated rings. The average Bonchev–Trinajstić information content (AvgIpc) is 2.68. The maximum atomic E-state index is 6.13. The highest BCUT2D eigenvalue weighted by molar-refractivity contribution is 6.28. The van der Waals surface area contributed by atoms with Gasteiger partial charge >= 0.3 is 0 Å². The van der Waals surface area contributed by atoms with Gasteiger partial charge in [0, 0.05) is 43.4 Å². The number of para-hydroxylation sites is 1. The standard InChI is InChI=1S/C20H21ClN4O/c1-20(26-2)13-22-11-12-25(20)15-9-7-14(8-10-15)18-16-5-3-4-6-17(16)23-19(21)24-18/h3-10,22H,11-13H2,1-2H3. The molecule has 0 aliphatic carbocycles. The van der Waals surface area contributed by atoms with E-state index in [0.717, 1.165) is 47.5 Å². The molecular weight excluding hydrogens is 348 g/mol. The van der Waals surface area contributed by atoms with Gasteiger partial charge in [-0.1, -0.05) is 30.3 Å². The smallest absolute Gasteiger partial charge is 0.223 e.